The zero-order valence-electron chi connectivity index (χ0n) is 12.1. The molecule has 0 unspecified atom stereocenters. The predicted molar refractivity (Wildman–Crippen MR) is 97.2 cm³/mol. The van der Waals surface area contributed by atoms with Crippen molar-refractivity contribution in [1.82, 2.24) is 20.0 Å². The number of hydrogen-bond donors (Lipinski definition) is 1. The summed E-state index contributed by atoms with van der Waals surface area (Å²) in [5.74, 6) is 0. The quantitative estimate of drug-likeness (QED) is 0.500. The summed E-state index contributed by atoms with van der Waals surface area (Å²) in [5, 5.41) is 8.40. The SMILES string of the molecule is O=c1[nH]c2cc(Cl)oc2c(-c2cc(Cl)ccc2-n2cc(Cl)nn2)c1Cl. The van der Waals surface area contributed by atoms with Crippen LogP contribution in [0.25, 0.3) is 27.9 Å². The number of furan rings is 1. The van der Waals surface area contributed by atoms with Crippen molar-refractivity contribution < 1.29 is 4.42 Å². The number of H-pyrrole nitrogens is 1. The molecule has 0 saturated heterocycles. The van der Waals surface area contributed by atoms with Crippen LogP contribution in [0.2, 0.25) is 20.4 Å². The second kappa shape index (κ2) is 6.07. The number of benzene rings is 1. The van der Waals surface area contributed by atoms with Crippen molar-refractivity contribution in [1.29, 1.82) is 0 Å². The van der Waals surface area contributed by atoms with Crippen LogP contribution in [0.4, 0.5) is 0 Å². The largest absolute Gasteiger partial charge is 0.442 e. The number of hydrogen-bond acceptors (Lipinski definition) is 4. The Kier molecular flexibility index (Phi) is 4.00. The lowest BCUT2D eigenvalue weighted by Gasteiger charge is -2.11. The number of nitrogens with zero attached hydrogens (tertiary/aromatic N) is 3. The minimum atomic E-state index is -0.482. The van der Waals surface area contributed by atoms with Gasteiger partial charge in [0, 0.05) is 16.7 Å². The van der Waals surface area contributed by atoms with Gasteiger partial charge in [0.15, 0.2) is 16.0 Å². The van der Waals surface area contributed by atoms with Crippen LogP contribution in [0.15, 0.2) is 39.7 Å². The van der Waals surface area contributed by atoms with Crippen molar-refractivity contribution in [2.45, 2.75) is 0 Å². The van der Waals surface area contributed by atoms with E-state index in [1.165, 1.54) is 16.9 Å². The minimum Gasteiger partial charge on any atom is -0.442 e. The fourth-order valence-corrected chi connectivity index (χ4v) is 3.26. The lowest BCUT2D eigenvalue weighted by atomic mass is 10.0. The van der Waals surface area contributed by atoms with Gasteiger partial charge < -0.3 is 9.40 Å². The van der Waals surface area contributed by atoms with Crippen molar-refractivity contribution in [3.05, 3.63) is 61.2 Å². The van der Waals surface area contributed by atoms with Crippen LogP contribution < -0.4 is 5.56 Å². The summed E-state index contributed by atoms with van der Waals surface area (Å²) in [4.78, 5) is 14.8. The highest BCUT2D eigenvalue weighted by atomic mass is 35.5. The van der Waals surface area contributed by atoms with Gasteiger partial charge in [-0.05, 0) is 29.8 Å². The molecule has 3 heterocycles. The summed E-state index contributed by atoms with van der Waals surface area (Å²) in [5.41, 5.74) is 1.67. The average molecular weight is 416 g/mol. The molecule has 0 aliphatic carbocycles. The maximum Gasteiger partial charge on any atom is 0.268 e. The zero-order valence-corrected chi connectivity index (χ0v) is 15.1. The molecule has 126 valence electrons. The monoisotopic (exact) mass is 414 g/mol. The molecule has 4 rings (SSSR count). The summed E-state index contributed by atoms with van der Waals surface area (Å²) >= 11 is 24.2. The molecule has 6 nitrogen and oxygen atoms in total. The van der Waals surface area contributed by atoms with Gasteiger partial charge in [-0.3, -0.25) is 4.79 Å². The molecule has 4 aromatic rings. The summed E-state index contributed by atoms with van der Waals surface area (Å²) in [6, 6.07) is 6.51. The highest BCUT2D eigenvalue weighted by Crippen LogP contribution is 2.39. The molecule has 0 saturated carbocycles. The molecule has 25 heavy (non-hydrogen) atoms. The number of halogens is 4. The molecule has 0 aliphatic heterocycles. The highest BCUT2D eigenvalue weighted by Gasteiger charge is 2.21. The van der Waals surface area contributed by atoms with Crippen LogP contribution in [0.3, 0.4) is 0 Å². The van der Waals surface area contributed by atoms with Gasteiger partial charge in [-0.25, -0.2) is 4.68 Å². The molecule has 0 fully saturated rings. The maximum atomic E-state index is 12.2. The predicted octanol–water partition coefficient (Wildman–Crippen LogP) is 4.98. The number of aromatic amines is 1. The van der Waals surface area contributed by atoms with E-state index in [-0.39, 0.29) is 15.4 Å². The van der Waals surface area contributed by atoms with Crippen molar-refractivity contribution in [2.75, 3.05) is 0 Å². The second-order valence-corrected chi connectivity index (χ2v) is 6.66. The standard InChI is InChI=1S/C15H6Cl4N4O2/c16-6-1-2-9(23-5-10(17)21-22-23)7(3-6)12-13(19)15(24)20-8-4-11(18)25-14(8)12/h1-5H,(H,20,24). The van der Waals surface area contributed by atoms with E-state index < -0.39 is 5.56 Å². The Balaban J connectivity index is 2.12. The molecule has 3 aromatic heterocycles. The Labute approximate surface area is 159 Å². The number of nitrogens with one attached hydrogen (secondary N) is 1. The third-order valence-corrected chi connectivity index (χ3v) is 4.49. The van der Waals surface area contributed by atoms with E-state index in [0.717, 1.165) is 0 Å². The van der Waals surface area contributed by atoms with E-state index in [1.807, 2.05) is 0 Å². The normalized spacial score (nSPS) is 11.4. The van der Waals surface area contributed by atoms with Gasteiger partial charge in [-0.15, -0.1) is 5.10 Å². The zero-order chi connectivity index (χ0) is 17.7. The van der Waals surface area contributed by atoms with E-state index in [1.54, 1.807) is 18.2 Å². The number of pyridine rings is 1. The Bertz CT molecular complexity index is 1180. The molecule has 10 heteroatoms. The van der Waals surface area contributed by atoms with Crippen molar-refractivity contribution in [2.24, 2.45) is 0 Å². The third-order valence-electron chi connectivity index (χ3n) is 3.54. The van der Waals surface area contributed by atoms with E-state index in [9.17, 15) is 4.79 Å². The van der Waals surface area contributed by atoms with Crippen molar-refractivity contribution in [3.63, 3.8) is 0 Å². The number of aromatic nitrogens is 4. The van der Waals surface area contributed by atoms with Gasteiger partial charge in [0.05, 0.1) is 23.0 Å². The third kappa shape index (κ3) is 2.81. The molecule has 0 radical (unpaired) electrons. The topological polar surface area (TPSA) is 76.7 Å². The van der Waals surface area contributed by atoms with Crippen LogP contribution in [0.5, 0.6) is 0 Å². The molecule has 0 amide bonds. The first kappa shape index (κ1) is 16.5. The van der Waals surface area contributed by atoms with E-state index in [4.69, 9.17) is 50.8 Å². The van der Waals surface area contributed by atoms with E-state index in [0.29, 0.717) is 32.9 Å². The Morgan fingerprint density at radius 2 is 1.92 bits per heavy atom. The second-order valence-electron chi connectivity index (χ2n) is 5.08. The summed E-state index contributed by atoms with van der Waals surface area (Å²) in [6.07, 6.45) is 1.52. The molecule has 0 spiro atoms. The fourth-order valence-electron chi connectivity index (χ4n) is 2.54. The number of fused-ring (bicyclic) bond motifs is 1. The first-order valence-corrected chi connectivity index (χ1v) is 8.34. The lowest BCUT2D eigenvalue weighted by Crippen LogP contribution is -2.08. The molecule has 1 aromatic carbocycles. The van der Waals surface area contributed by atoms with Crippen LogP contribution in [0, 0.1) is 0 Å². The van der Waals surface area contributed by atoms with E-state index in [2.05, 4.69) is 15.3 Å². The first-order valence-electron chi connectivity index (χ1n) is 6.83. The van der Waals surface area contributed by atoms with Crippen molar-refractivity contribution in [3.8, 4) is 16.8 Å². The van der Waals surface area contributed by atoms with Gasteiger partial charge >= 0.3 is 0 Å². The lowest BCUT2D eigenvalue weighted by molar-refractivity contribution is 0.618. The Hall–Kier alpha value is -1.99. The van der Waals surface area contributed by atoms with Gasteiger partial charge in [-0.1, -0.05) is 40.0 Å². The maximum absolute atomic E-state index is 12.2. The Morgan fingerprint density at radius 3 is 2.64 bits per heavy atom. The average Bonchev–Trinajstić information content (AvgIpc) is 3.13. The van der Waals surface area contributed by atoms with Crippen LogP contribution >= 0.6 is 46.4 Å². The summed E-state index contributed by atoms with van der Waals surface area (Å²) < 4.78 is 6.97. The van der Waals surface area contributed by atoms with Gasteiger partial charge in [-0.2, -0.15) is 0 Å². The molecule has 0 atom stereocenters. The van der Waals surface area contributed by atoms with Gasteiger partial charge in [0.2, 0.25) is 0 Å². The number of rotatable bonds is 2. The molecule has 1 N–H and O–H groups in total. The highest BCUT2D eigenvalue weighted by molar-refractivity contribution is 6.35. The summed E-state index contributed by atoms with van der Waals surface area (Å²) in [6.45, 7) is 0. The van der Waals surface area contributed by atoms with Crippen LogP contribution in [0.1, 0.15) is 0 Å². The smallest absolute Gasteiger partial charge is 0.268 e. The van der Waals surface area contributed by atoms with Gasteiger partial charge in [0.1, 0.15) is 5.02 Å². The summed E-state index contributed by atoms with van der Waals surface area (Å²) in [7, 11) is 0. The van der Waals surface area contributed by atoms with Gasteiger partial charge in [0.25, 0.3) is 5.56 Å². The van der Waals surface area contributed by atoms with Crippen LogP contribution in [-0.4, -0.2) is 20.0 Å². The van der Waals surface area contributed by atoms with Crippen molar-refractivity contribution >= 4 is 57.5 Å². The molecule has 0 bridgehead atoms. The molecular weight excluding hydrogens is 410 g/mol. The minimum absolute atomic E-state index is 0.0618. The molecule has 0 aliphatic rings. The first-order chi connectivity index (χ1) is 11.9. The Morgan fingerprint density at radius 1 is 1.12 bits per heavy atom. The molecular formula is C15H6Cl4N4O2. The van der Waals surface area contributed by atoms with Crippen LogP contribution in [-0.2, 0) is 0 Å². The fraction of sp³-hybridized carbons (Fsp3) is 0. The van der Waals surface area contributed by atoms with E-state index >= 15 is 0 Å².